The summed E-state index contributed by atoms with van der Waals surface area (Å²) in [7, 11) is 1.15. The Kier molecular flexibility index (Phi) is 6.00. The van der Waals surface area contributed by atoms with Crippen molar-refractivity contribution in [2.75, 3.05) is 14.2 Å². The number of benzene rings is 2. The van der Waals surface area contributed by atoms with Gasteiger partial charge in [-0.15, -0.1) is 0 Å². The second-order valence-corrected chi connectivity index (χ2v) is 10.1. The van der Waals surface area contributed by atoms with Crippen LogP contribution in [0.4, 0.5) is 0 Å². The highest BCUT2D eigenvalue weighted by Crippen LogP contribution is 2.26. The van der Waals surface area contributed by atoms with Gasteiger partial charge < -0.3 is 13.7 Å². The summed E-state index contributed by atoms with van der Waals surface area (Å²) in [5.41, 5.74) is 1.15. The maximum Gasteiger partial charge on any atom is 0.279 e. The van der Waals surface area contributed by atoms with Gasteiger partial charge in [0.25, 0.3) is 5.91 Å². The molecular weight excluding hydrogens is 450 g/mol. The largest absolute Gasteiger partial charge is 0.495 e. The van der Waals surface area contributed by atoms with Crippen LogP contribution in [0.15, 0.2) is 75.2 Å². The van der Waals surface area contributed by atoms with Crippen LogP contribution >= 0.6 is 11.3 Å². The summed E-state index contributed by atoms with van der Waals surface area (Å²) in [6.07, 6.45) is 1.49. The molecule has 0 spiro atoms. The van der Waals surface area contributed by atoms with Gasteiger partial charge in [-0.25, -0.2) is 8.42 Å². The molecule has 10 heteroatoms. The van der Waals surface area contributed by atoms with Crippen molar-refractivity contribution in [3.8, 4) is 5.75 Å². The normalized spacial score (nSPS) is 12.6. The lowest BCUT2D eigenvalue weighted by atomic mass is 10.2. The molecule has 0 unspecified atom stereocenters. The Bertz CT molecular complexity index is 1430. The second kappa shape index (κ2) is 8.73. The number of amides is 1. The van der Waals surface area contributed by atoms with Gasteiger partial charge in [0.1, 0.15) is 17.0 Å². The first-order chi connectivity index (χ1) is 15.3. The zero-order valence-corrected chi connectivity index (χ0v) is 19.3. The van der Waals surface area contributed by atoms with Gasteiger partial charge in [0.2, 0.25) is 10.0 Å². The van der Waals surface area contributed by atoms with Gasteiger partial charge in [0.15, 0.2) is 4.80 Å². The molecule has 0 aliphatic rings. The molecule has 1 amide bonds. The Morgan fingerprint density at radius 2 is 1.91 bits per heavy atom. The molecule has 0 aliphatic carbocycles. The highest BCUT2D eigenvalue weighted by atomic mass is 32.2. The predicted molar refractivity (Wildman–Crippen MR) is 121 cm³/mol. The van der Waals surface area contributed by atoms with Gasteiger partial charge in [-0.1, -0.05) is 17.4 Å². The molecule has 2 heterocycles. The fourth-order valence-corrected chi connectivity index (χ4v) is 5.42. The molecule has 166 valence electrons. The number of methoxy groups -OCH3 is 1. The molecule has 0 fully saturated rings. The molecule has 0 saturated carbocycles. The van der Waals surface area contributed by atoms with E-state index in [-0.39, 0.29) is 11.4 Å². The van der Waals surface area contributed by atoms with Crippen LogP contribution < -0.4 is 9.54 Å². The molecule has 0 atom stereocenters. The summed E-state index contributed by atoms with van der Waals surface area (Å²) >= 11 is 1.37. The Morgan fingerprint density at radius 3 is 2.56 bits per heavy atom. The van der Waals surface area contributed by atoms with Crippen molar-refractivity contribution in [3.63, 3.8) is 0 Å². The summed E-state index contributed by atoms with van der Waals surface area (Å²) in [4.78, 5) is 17.6. The van der Waals surface area contributed by atoms with Crippen LogP contribution in [-0.4, -0.2) is 37.4 Å². The van der Waals surface area contributed by atoms with Crippen molar-refractivity contribution in [1.82, 2.24) is 8.87 Å². The first-order valence-corrected chi connectivity index (χ1v) is 11.9. The van der Waals surface area contributed by atoms with E-state index < -0.39 is 15.9 Å². The minimum absolute atomic E-state index is 0.0836. The summed E-state index contributed by atoms with van der Waals surface area (Å²) in [6.45, 7) is 0.108. The molecule has 0 aliphatic heterocycles. The van der Waals surface area contributed by atoms with E-state index in [0.717, 1.165) is 10.2 Å². The molecule has 0 saturated heterocycles. The average Bonchev–Trinajstić information content (AvgIpc) is 3.41. The standard InChI is InChI=1S/C22H21N3O5S2/c1-24(14-16-6-5-13-30-16)32(27,28)17-11-9-15(10-12-17)21(26)23-22-25(2)20-18(29-3)7-4-8-19(20)31-22/h4-13H,14H2,1-3H3. The maximum absolute atomic E-state index is 12.8. The molecule has 2 aromatic heterocycles. The van der Waals surface area contributed by atoms with Crippen molar-refractivity contribution in [2.45, 2.75) is 11.4 Å². The minimum Gasteiger partial charge on any atom is -0.495 e. The number of hydrogen-bond donors (Lipinski definition) is 0. The average molecular weight is 472 g/mol. The smallest absolute Gasteiger partial charge is 0.279 e. The first kappa shape index (κ1) is 22.0. The van der Waals surface area contributed by atoms with Gasteiger partial charge in [0.05, 0.1) is 29.5 Å². The highest BCUT2D eigenvalue weighted by Gasteiger charge is 2.22. The first-order valence-electron chi connectivity index (χ1n) is 9.61. The van der Waals surface area contributed by atoms with Gasteiger partial charge in [-0.3, -0.25) is 4.79 Å². The minimum atomic E-state index is -3.73. The summed E-state index contributed by atoms with van der Waals surface area (Å²) < 4.78 is 40.2. The van der Waals surface area contributed by atoms with Crippen molar-refractivity contribution < 1.29 is 22.4 Å². The Hall–Kier alpha value is -3.21. The number of ether oxygens (including phenoxy) is 1. The zero-order chi connectivity index (χ0) is 22.9. The Labute approximate surface area is 189 Å². The number of fused-ring (bicyclic) bond motifs is 1. The monoisotopic (exact) mass is 471 g/mol. The summed E-state index contributed by atoms with van der Waals surface area (Å²) in [5.74, 6) is 0.775. The van der Waals surface area contributed by atoms with E-state index in [1.807, 2.05) is 25.2 Å². The van der Waals surface area contributed by atoms with Gasteiger partial charge >= 0.3 is 0 Å². The van der Waals surface area contributed by atoms with Crippen LogP contribution in [0, 0.1) is 0 Å². The lowest BCUT2D eigenvalue weighted by Gasteiger charge is -2.16. The van der Waals surface area contributed by atoms with E-state index in [4.69, 9.17) is 9.15 Å². The van der Waals surface area contributed by atoms with Crippen molar-refractivity contribution in [3.05, 3.63) is 77.0 Å². The van der Waals surface area contributed by atoms with Crippen LogP contribution in [0.3, 0.4) is 0 Å². The Balaban J connectivity index is 1.60. The number of aromatic nitrogens is 1. The number of para-hydroxylation sites is 1. The molecule has 0 radical (unpaired) electrons. The maximum atomic E-state index is 12.8. The molecule has 2 aromatic carbocycles. The van der Waals surface area contributed by atoms with Gasteiger partial charge in [-0.2, -0.15) is 9.30 Å². The van der Waals surface area contributed by atoms with Crippen LogP contribution in [0.2, 0.25) is 0 Å². The van der Waals surface area contributed by atoms with Crippen LogP contribution in [0.25, 0.3) is 10.2 Å². The van der Waals surface area contributed by atoms with E-state index in [1.54, 1.807) is 23.8 Å². The van der Waals surface area contributed by atoms with Crippen LogP contribution in [0.5, 0.6) is 5.75 Å². The molecule has 0 N–H and O–H groups in total. The predicted octanol–water partition coefficient (Wildman–Crippen LogP) is 3.40. The summed E-state index contributed by atoms with van der Waals surface area (Å²) in [5, 5.41) is 0. The molecule has 8 nitrogen and oxygen atoms in total. The second-order valence-electron chi connectivity index (χ2n) is 7.03. The van der Waals surface area contributed by atoms with Crippen LogP contribution in [0.1, 0.15) is 16.1 Å². The fourth-order valence-electron chi connectivity index (χ4n) is 3.25. The van der Waals surface area contributed by atoms with E-state index in [2.05, 4.69) is 4.99 Å². The molecule has 32 heavy (non-hydrogen) atoms. The lowest BCUT2D eigenvalue weighted by molar-refractivity contribution is 0.0998. The van der Waals surface area contributed by atoms with Crippen molar-refractivity contribution in [1.29, 1.82) is 0 Å². The number of nitrogens with zero attached hydrogens (tertiary/aromatic N) is 3. The number of aryl methyl sites for hydroxylation is 1. The highest BCUT2D eigenvalue weighted by molar-refractivity contribution is 7.89. The number of furan rings is 1. The quantitative estimate of drug-likeness (QED) is 0.430. The number of hydrogen-bond acceptors (Lipinski definition) is 6. The third-order valence-electron chi connectivity index (χ3n) is 4.97. The number of thiazole rings is 1. The molecule has 4 rings (SSSR count). The van der Waals surface area contributed by atoms with Gasteiger partial charge in [-0.05, 0) is 48.5 Å². The third kappa shape index (κ3) is 4.12. The van der Waals surface area contributed by atoms with E-state index in [0.29, 0.717) is 21.9 Å². The van der Waals surface area contributed by atoms with E-state index in [1.165, 1.54) is 53.2 Å². The lowest BCUT2D eigenvalue weighted by Crippen LogP contribution is -2.26. The SMILES string of the molecule is COc1cccc2sc(=NC(=O)c3ccc(S(=O)(=O)N(C)Cc4ccco4)cc3)n(C)c12. The molecule has 0 bridgehead atoms. The topological polar surface area (TPSA) is 94.1 Å². The zero-order valence-electron chi connectivity index (χ0n) is 17.7. The number of rotatable bonds is 6. The third-order valence-corrected chi connectivity index (χ3v) is 7.89. The number of carbonyl (C=O) groups is 1. The molecule has 4 aromatic rings. The van der Waals surface area contributed by atoms with Crippen molar-refractivity contribution >= 4 is 37.5 Å². The summed E-state index contributed by atoms with van der Waals surface area (Å²) in [6, 6.07) is 14.8. The Morgan fingerprint density at radius 1 is 1.16 bits per heavy atom. The number of carbonyl (C=O) groups excluding carboxylic acids is 1. The van der Waals surface area contributed by atoms with E-state index in [9.17, 15) is 13.2 Å². The van der Waals surface area contributed by atoms with E-state index >= 15 is 0 Å². The van der Waals surface area contributed by atoms with Crippen LogP contribution in [-0.2, 0) is 23.6 Å². The fraction of sp³-hybridized carbons (Fsp3) is 0.182. The van der Waals surface area contributed by atoms with Crippen molar-refractivity contribution in [2.24, 2.45) is 12.0 Å². The number of sulfonamides is 1. The van der Waals surface area contributed by atoms with Gasteiger partial charge in [0, 0.05) is 19.7 Å². The molecular formula is C22H21N3O5S2.